The quantitative estimate of drug-likeness (QED) is 0.744. The Labute approximate surface area is 113 Å². The van der Waals surface area contributed by atoms with Crippen LogP contribution >= 0.6 is 11.6 Å². The summed E-state index contributed by atoms with van der Waals surface area (Å²) in [7, 11) is 0. The number of carbonyl (C=O) groups excluding carboxylic acids is 1. The van der Waals surface area contributed by atoms with Crippen LogP contribution in [0.3, 0.4) is 0 Å². The molecule has 1 aliphatic heterocycles. The van der Waals surface area contributed by atoms with Crippen molar-refractivity contribution < 1.29 is 4.79 Å². The number of carbonyl (C=O) groups is 1. The van der Waals surface area contributed by atoms with Crippen molar-refractivity contribution in [3.8, 4) is 0 Å². The zero-order valence-corrected chi connectivity index (χ0v) is 11.2. The van der Waals surface area contributed by atoms with Gasteiger partial charge in [0.2, 0.25) is 5.91 Å². The molecule has 0 saturated carbocycles. The van der Waals surface area contributed by atoms with Crippen LogP contribution in [-0.2, 0) is 4.79 Å². The van der Waals surface area contributed by atoms with Crippen LogP contribution in [0.1, 0.15) is 31.2 Å². The van der Waals surface area contributed by atoms with Gasteiger partial charge >= 0.3 is 0 Å². The summed E-state index contributed by atoms with van der Waals surface area (Å²) in [5, 5.41) is 0.678. The standard InChI is InChI=1S/C15H18ClNO/c16-14-8-4-3-7-13(14)9-10-15(18)17-11-5-1-2-6-12-17/h3-4,7-10H,1-2,5-6,11-12H2. The summed E-state index contributed by atoms with van der Waals surface area (Å²) in [4.78, 5) is 14.0. The fourth-order valence-corrected chi connectivity index (χ4v) is 2.37. The van der Waals surface area contributed by atoms with Gasteiger partial charge in [-0.25, -0.2) is 0 Å². The van der Waals surface area contributed by atoms with Crippen molar-refractivity contribution >= 4 is 23.6 Å². The number of amides is 1. The summed E-state index contributed by atoms with van der Waals surface area (Å²) < 4.78 is 0. The van der Waals surface area contributed by atoms with E-state index in [1.54, 1.807) is 12.2 Å². The third kappa shape index (κ3) is 3.61. The lowest BCUT2D eigenvalue weighted by Gasteiger charge is -2.17. The van der Waals surface area contributed by atoms with Gasteiger partial charge in [-0.15, -0.1) is 0 Å². The monoisotopic (exact) mass is 263 g/mol. The minimum absolute atomic E-state index is 0.0943. The number of benzene rings is 1. The summed E-state index contributed by atoms with van der Waals surface area (Å²) in [6.07, 6.45) is 8.13. The van der Waals surface area contributed by atoms with Gasteiger partial charge in [0.25, 0.3) is 0 Å². The van der Waals surface area contributed by atoms with Crippen LogP contribution in [0.5, 0.6) is 0 Å². The molecule has 96 valence electrons. The van der Waals surface area contributed by atoms with Gasteiger partial charge in [0.1, 0.15) is 0 Å². The molecule has 0 spiro atoms. The zero-order chi connectivity index (χ0) is 12.8. The SMILES string of the molecule is O=C(C=Cc1ccccc1Cl)N1CCCCCC1. The van der Waals surface area contributed by atoms with Gasteiger partial charge in [-0.2, -0.15) is 0 Å². The normalized spacial score (nSPS) is 16.8. The number of hydrogen-bond donors (Lipinski definition) is 0. The molecule has 2 nitrogen and oxygen atoms in total. The number of likely N-dealkylation sites (tertiary alicyclic amines) is 1. The van der Waals surface area contributed by atoms with Gasteiger partial charge in [-0.05, 0) is 30.5 Å². The molecule has 0 atom stereocenters. The Bertz CT molecular complexity index is 434. The van der Waals surface area contributed by atoms with E-state index >= 15 is 0 Å². The number of rotatable bonds is 2. The first kappa shape index (κ1) is 13.2. The Morgan fingerprint density at radius 2 is 1.78 bits per heavy atom. The zero-order valence-electron chi connectivity index (χ0n) is 10.4. The van der Waals surface area contributed by atoms with E-state index in [1.807, 2.05) is 29.2 Å². The first-order valence-corrected chi connectivity index (χ1v) is 6.87. The summed E-state index contributed by atoms with van der Waals surface area (Å²) in [5.41, 5.74) is 0.891. The van der Waals surface area contributed by atoms with Crippen LogP contribution in [-0.4, -0.2) is 23.9 Å². The van der Waals surface area contributed by atoms with E-state index < -0.39 is 0 Å². The number of nitrogens with zero attached hydrogens (tertiary/aromatic N) is 1. The lowest BCUT2D eigenvalue weighted by atomic mass is 10.2. The van der Waals surface area contributed by atoms with Crippen molar-refractivity contribution in [3.63, 3.8) is 0 Å². The van der Waals surface area contributed by atoms with Gasteiger partial charge in [-0.3, -0.25) is 4.79 Å². The highest BCUT2D eigenvalue weighted by molar-refractivity contribution is 6.32. The maximum absolute atomic E-state index is 12.0. The molecule has 2 rings (SSSR count). The summed E-state index contributed by atoms with van der Waals surface area (Å²) in [6.45, 7) is 1.76. The first-order valence-electron chi connectivity index (χ1n) is 6.49. The molecule has 1 amide bonds. The van der Waals surface area contributed by atoms with Gasteiger partial charge in [-0.1, -0.05) is 42.6 Å². The van der Waals surface area contributed by atoms with Crippen LogP contribution in [0.15, 0.2) is 30.3 Å². The molecule has 0 aliphatic carbocycles. The fourth-order valence-electron chi connectivity index (χ4n) is 2.17. The van der Waals surface area contributed by atoms with E-state index in [1.165, 1.54) is 12.8 Å². The van der Waals surface area contributed by atoms with E-state index in [0.29, 0.717) is 5.02 Å². The predicted octanol–water partition coefficient (Wildman–Crippen LogP) is 3.76. The van der Waals surface area contributed by atoms with Crippen molar-refractivity contribution in [3.05, 3.63) is 40.9 Å². The Morgan fingerprint density at radius 3 is 2.44 bits per heavy atom. The maximum atomic E-state index is 12.0. The third-order valence-corrected chi connectivity index (χ3v) is 3.57. The average Bonchev–Trinajstić information content (AvgIpc) is 2.66. The highest BCUT2D eigenvalue weighted by atomic mass is 35.5. The van der Waals surface area contributed by atoms with Gasteiger partial charge in [0.05, 0.1) is 0 Å². The Balaban J connectivity index is 2.00. The highest BCUT2D eigenvalue weighted by Crippen LogP contribution is 2.17. The van der Waals surface area contributed by atoms with E-state index in [0.717, 1.165) is 31.5 Å². The van der Waals surface area contributed by atoms with Gasteiger partial charge in [0, 0.05) is 24.2 Å². The topological polar surface area (TPSA) is 20.3 Å². The van der Waals surface area contributed by atoms with Crippen molar-refractivity contribution in [1.29, 1.82) is 0 Å². The summed E-state index contributed by atoms with van der Waals surface area (Å²) >= 11 is 6.04. The van der Waals surface area contributed by atoms with E-state index in [9.17, 15) is 4.79 Å². The van der Waals surface area contributed by atoms with E-state index in [-0.39, 0.29) is 5.91 Å². The molecule has 3 heteroatoms. The molecule has 1 aromatic rings. The molecule has 0 bridgehead atoms. The first-order chi connectivity index (χ1) is 8.77. The summed E-state index contributed by atoms with van der Waals surface area (Å²) in [6, 6.07) is 7.55. The fraction of sp³-hybridized carbons (Fsp3) is 0.400. The Kier molecular flexibility index (Phi) is 4.82. The van der Waals surface area contributed by atoms with Gasteiger partial charge < -0.3 is 4.90 Å². The van der Waals surface area contributed by atoms with Crippen LogP contribution in [0.25, 0.3) is 6.08 Å². The van der Waals surface area contributed by atoms with Crippen molar-refractivity contribution in [1.82, 2.24) is 4.90 Å². The van der Waals surface area contributed by atoms with Crippen molar-refractivity contribution in [2.75, 3.05) is 13.1 Å². The van der Waals surface area contributed by atoms with E-state index in [4.69, 9.17) is 11.6 Å². The number of hydrogen-bond acceptors (Lipinski definition) is 1. The molecular weight excluding hydrogens is 246 g/mol. The molecule has 0 aromatic heterocycles. The molecule has 0 unspecified atom stereocenters. The lowest BCUT2D eigenvalue weighted by Crippen LogP contribution is -2.30. The summed E-state index contributed by atoms with van der Waals surface area (Å²) in [5.74, 6) is 0.0943. The second-order valence-corrected chi connectivity index (χ2v) is 5.00. The molecule has 1 fully saturated rings. The molecule has 0 radical (unpaired) electrons. The van der Waals surface area contributed by atoms with Crippen LogP contribution in [0, 0.1) is 0 Å². The Hall–Kier alpha value is -1.28. The van der Waals surface area contributed by atoms with Crippen LogP contribution in [0.4, 0.5) is 0 Å². The minimum atomic E-state index is 0.0943. The largest absolute Gasteiger partial charge is 0.339 e. The highest BCUT2D eigenvalue weighted by Gasteiger charge is 2.12. The third-order valence-electron chi connectivity index (χ3n) is 3.23. The van der Waals surface area contributed by atoms with Crippen molar-refractivity contribution in [2.24, 2.45) is 0 Å². The Morgan fingerprint density at radius 1 is 1.11 bits per heavy atom. The number of halogens is 1. The second-order valence-electron chi connectivity index (χ2n) is 4.59. The van der Waals surface area contributed by atoms with Gasteiger partial charge in [0.15, 0.2) is 0 Å². The smallest absolute Gasteiger partial charge is 0.246 e. The van der Waals surface area contributed by atoms with Crippen molar-refractivity contribution in [2.45, 2.75) is 25.7 Å². The average molecular weight is 264 g/mol. The van der Waals surface area contributed by atoms with Crippen LogP contribution < -0.4 is 0 Å². The predicted molar refractivity (Wildman–Crippen MR) is 75.5 cm³/mol. The van der Waals surface area contributed by atoms with Crippen LogP contribution in [0.2, 0.25) is 5.02 Å². The molecule has 1 saturated heterocycles. The molecular formula is C15H18ClNO. The molecule has 1 aliphatic rings. The minimum Gasteiger partial charge on any atom is -0.339 e. The van der Waals surface area contributed by atoms with E-state index in [2.05, 4.69) is 0 Å². The molecule has 1 heterocycles. The molecule has 0 N–H and O–H groups in total. The lowest BCUT2D eigenvalue weighted by molar-refractivity contribution is -0.125. The molecule has 1 aromatic carbocycles. The molecule has 18 heavy (non-hydrogen) atoms. The second kappa shape index (κ2) is 6.60. The maximum Gasteiger partial charge on any atom is 0.246 e.